The van der Waals surface area contributed by atoms with Crippen LogP contribution in [0.4, 0.5) is 17.6 Å². The monoisotopic (exact) mass is 300 g/mol. The zero-order chi connectivity index (χ0) is 15.5. The van der Waals surface area contributed by atoms with Gasteiger partial charge in [0.2, 0.25) is 11.9 Å². The molecule has 22 heavy (non-hydrogen) atoms. The van der Waals surface area contributed by atoms with Gasteiger partial charge in [0.15, 0.2) is 5.82 Å². The maximum absolute atomic E-state index is 10.9. The van der Waals surface area contributed by atoms with E-state index in [1.807, 2.05) is 0 Å². The number of nitrogen functional groups attached to an aromatic ring is 1. The Balaban J connectivity index is 1.91. The van der Waals surface area contributed by atoms with Crippen molar-refractivity contribution in [3.05, 3.63) is 34.4 Å². The molecule has 1 aromatic carbocycles. The Labute approximate surface area is 127 Å². The number of non-ortho nitro benzene ring substituents is 1. The van der Waals surface area contributed by atoms with Crippen molar-refractivity contribution in [2.75, 3.05) is 11.1 Å². The third-order valence-corrected chi connectivity index (χ3v) is 3.66. The van der Waals surface area contributed by atoms with Gasteiger partial charge >= 0.3 is 0 Å². The molecule has 8 nitrogen and oxygen atoms in total. The fourth-order valence-electron chi connectivity index (χ4n) is 2.60. The van der Waals surface area contributed by atoms with Crippen LogP contribution in [-0.4, -0.2) is 25.9 Å². The quantitative estimate of drug-likeness (QED) is 0.657. The second-order valence-corrected chi connectivity index (χ2v) is 5.27. The Hall–Kier alpha value is -2.77. The molecule has 0 saturated heterocycles. The molecule has 0 spiro atoms. The van der Waals surface area contributed by atoms with Crippen molar-refractivity contribution >= 4 is 17.6 Å². The van der Waals surface area contributed by atoms with E-state index in [2.05, 4.69) is 20.3 Å². The normalized spacial score (nSPS) is 14.9. The molecule has 1 fully saturated rings. The maximum atomic E-state index is 10.9. The standard InChI is InChI=1S/C14H16N6O2/c15-13-17-12(9-4-3-7-11(8-9)20(21)22)18-14(19-13)16-10-5-1-2-6-10/h3-4,7-8,10H,1-2,5-6H2,(H3,15,16,17,18,19). The number of nitro groups is 1. The highest BCUT2D eigenvalue weighted by Crippen LogP contribution is 2.24. The summed E-state index contributed by atoms with van der Waals surface area (Å²) in [5.74, 6) is 0.842. The first kappa shape index (κ1) is 14.2. The molecule has 1 heterocycles. The molecule has 1 aromatic heterocycles. The van der Waals surface area contributed by atoms with Crippen LogP contribution in [0.3, 0.4) is 0 Å². The molecule has 0 unspecified atom stereocenters. The third-order valence-electron chi connectivity index (χ3n) is 3.66. The van der Waals surface area contributed by atoms with Crippen molar-refractivity contribution in [2.45, 2.75) is 31.7 Å². The molecule has 1 aliphatic carbocycles. The van der Waals surface area contributed by atoms with Gasteiger partial charge in [0.25, 0.3) is 5.69 Å². The lowest BCUT2D eigenvalue weighted by Gasteiger charge is -2.12. The first-order valence-corrected chi connectivity index (χ1v) is 7.15. The van der Waals surface area contributed by atoms with E-state index < -0.39 is 4.92 Å². The lowest BCUT2D eigenvalue weighted by atomic mass is 10.2. The molecular weight excluding hydrogens is 284 g/mol. The van der Waals surface area contributed by atoms with Crippen molar-refractivity contribution in [3.8, 4) is 11.4 Å². The van der Waals surface area contributed by atoms with Crippen molar-refractivity contribution in [1.29, 1.82) is 0 Å². The van der Waals surface area contributed by atoms with E-state index in [9.17, 15) is 10.1 Å². The second kappa shape index (κ2) is 5.92. The van der Waals surface area contributed by atoms with Gasteiger partial charge in [-0.15, -0.1) is 0 Å². The lowest BCUT2D eigenvalue weighted by Crippen LogP contribution is -2.18. The summed E-state index contributed by atoms with van der Waals surface area (Å²) >= 11 is 0. The van der Waals surface area contributed by atoms with Crippen molar-refractivity contribution in [2.24, 2.45) is 0 Å². The molecule has 0 bridgehead atoms. The highest BCUT2D eigenvalue weighted by Gasteiger charge is 2.17. The largest absolute Gasteiger partial charge is 0.368 e. The van der Waals surface area contributed by atoms with Crippen LogP contribution in [0.25, 0.3) is 11.4 Å². The van der Waals surface area contributed by atoms with Gasteiger partial charge in [0, 0.05) is 23.7 Å². The third kappa shape index (κ3) is 3.11. The number of hydrogen-bond acceptors (Lipinski definition) is 7. The zero-order valence-corrected chi connectivity index (χ0v) is 11.9. The summed E-state index contributed by atoms with van der Waals surface area (Å²) in [5, 5.41) is 14.1. The Kier molecular flexibility index (Phi) is 3.82. The molecule has 1 aliphatic rings. The molecule has 8 heteroatoms. The van der Waals surface area contributed by atoms with Crippen LogP contribution in [0.1, 0.15) is 25.7 Å². The highest BCUT2D eigenvalue weighted by atomic mass is 16.6. The van der Waals surface area contributed by atoms with E-state index in [0.717, 1.165) is 12.8 Å². The molecular formula is C14H16N6O2. The number of aromatic nitrogens is 3. The first-order chi connectivity index (χ1) is 10.6. The average molecular weight is 300 g/mol. The van der Waals surface area contributed by atoms with Gasteiger partial charge in [-0.3, -0.25) is 10.1 Å². The van der Waals surface area contributed by atoms with Crippen LogP contribution >= 0.6 is 0 Å². The van der Waals surface area contributed by atoms with Gasteiger partial charge < -0.3 is 11.1 Å². The minimum absolute atomic E-state index is 0.0122. The molecule has 0 atom stereocenters. The smallest absolute Gasteiger partial charge is 0.270 e. The molecule has 2 aromatic rings. The number of hydrogen-bond donors (Lipinski definition) is 2. The molecule has 3 N–H and O–H groups in total. The summed E-state index contributed by atoms with van der Waals surface area (Å²) in [6.45, 7) is 0. The number of rotatable bonds is 4. The van der Waals surface area contributed by atoms with E-state index in [4.69, 9.17) is 5.73 Å². The summed E-state index contributed by atoms with van der Waals surface area (Å²) in [4.78, 5) is 22.9. The Bertz CT molecular complexity index is 699. The number of anilines is 2. The van der Waals surface area contributed by atoms with Crippen LogP contribution < -0.4 is 11.1 Å². The fraction of sp³-hybridized carbons (Fsp3) is 0.357. The topological polar surface area (TPSA) is 120 Å². The molecule has 3 rings (SSSR count). The van der Waals surface area contributed by atoms with E-state index in [1.165, 1.54) is 25.0 Å². The van der Waals surface area contributed by atoms with Gasteiger partial charge in [0.1, 0.15) is 0 Å². The minimum Gasteiger partial charge on any atom is -0.368 e. The van der Waals surface area contributed by atoms with Crippen LogP contribution in [0.15, 0.2) is 24.3 Å². The summed E-state index contributed by atoms with van der Waals surface area (Å²) in [6, 6.07) is 6.50. The van der Waals surface area contributed by atoms with Crippen molar-refractivity contribution in [3.63, 3.8) is 0 Å². The van der Waals surface area contributed by atoms with Gasteiger partial charge in [-0.05, 0) is 12.8 Å². The summed E-state index contributed by atoms with van der Waals surface area (Å²) in [5.41, 5.74) is 6.26. The predicted molar refractivity (Wildman–Crippen MR) is 82.2 cm³/mol. The zero-order valence-electron chi connectivity index (χ0n) is 11.9. The molecule has 0 amide bonds. The fourth-order valence-corrected chi connectivity index (χ4v) is 2.60. The summed E-state index contributed by atoms with van der Waals surface area (Å²) < 4.78 is 0. The second-order valence-electron chi connectivity index (χ2n) is 5.27. The van der Waals surface area contributed by atoms with Gasteiger partial charge in [-0.1, -0.05) is 25.0 Å². The Morgan fingerprint density at radius 3 is 2.73 bits per heavy atom. The lowest BCUT2D eigenvalue weighted by molar-refractivity contribution is -0.384. The van der Waals surface area contributed by atoms with Crippen LogP contribution in [0.5, 0.6) is 0 Å². The van der Waals surface area contributed by atoms with Gasteiger partial charge in [-0.25, -0.2) is 0 Å². The van der Waals surface area contributed by atoms with Crippen LogP contribution in [0.2, 0.25) is 0 Å². The highest BCUT2D eigenvalue weighted by molar-refractivity contribution is 5.61. The van der Waals surface area contributed by atoms with Crippen molar-refractivity contribution < 1.29 is 4.92 Å². The van der Waals surface area contributed by atoms with Crippen LogP contribution in [0, 0.1) is 10.1 Å². The Morgan fingerprint density at radius 2 is 2.00 bits per heavy atom. The first-order valence-electron chi connectivity index (χ1n) is 7.15. The molecule has 0 radical (unpaired) electrons. The average Bonchev–Trinajstić information content (AvgIpc) is 2.99. The van der Waals surface area contributed by atoms with Gasteiger partial charge in [-0.2, -0.15) is 15.0 Å². The maximum Gasteiger partial charge on any atom is 0.270 e. The number of benzene rings is 1. The van der Waals surface area contributed by atoms with E-state index in [0.29, 0.717) is 23.4 Å². The number of nitro benzene ring substituents is 1. The Morgan fingerprint density at radius 1 is 1.23 bits per heavy atom. The predicted octanol–water partition coefficient (Wildman–Crippen LogP) is 2.38. The molecule has 114 valence electrons. The van der Waals surface area contributed by atoms with Crippen molar-refractivity contribution in [1.82, 2.24) is 15.0 Å². The minimum atomic E-state index is -0.453. The summed E-state index contributed by atoms with van der Waals surface area (Å²) in [7, 11) is 0. The van der Waals surface area contributed by atoms with Crippen LogP contribution in [-0.2, 0) is 0 Å². The van der Waals surface area contributed by atoms with E-state index in [-0.39, 0.29) is 11.6 Å². The summed E-state index contributed by atoms with van der Waals surface area (Å²) in [6.07, 6.45) is 4.54. The van der Waals surface area contributed by atoms with Gasteiger partial charge in [0.05, 0.1) is 4.92 Å². The van der Waals surface area contributed by atoms with E-state index >= 15 is 0 Å². The SMILES string of the molecule is Nc1nc(NC2CCCC2)nc(-c2cccc([N+](=O)[O-])c2)n1. The number of nitrogens with zero attached hydrogens (tertiary/aromatic N) is 4. The molecule has 1 saturated carbocycles. The molecule has 0 aliphatic heterocycles. The number of nitrogens with two attached hydrogens (primary N) is 1. The number of nitrogens with one attached hydrogen (secondary N) is 1. The van der Waals surface area contributed by atoms with E-state index in [1.54, 1.807) is 12.1 Å².